The number of carbonyl (C=O) groups is 4. The number of carbonyl (C=O) groups excluding carboxylic acids is 4. The lowest BCUT2D eigenvalue weighted by atomic mass is 9.87. The summed E-state index contributed by atoms with van der Waals surface area (Å²) in [6, 6.07) is 13.4. The Bertz CT molecular complexity index is 1180. The van der Waals surface area contributed by atoms with Gasteiger partial charge in [-0.15, -0.1) is 0 Å². The maximum Gasteiger partial charge on any atom is 0.338 e. The summed E-state index contributed by atoms with van der Waals surface area (Å²) in [5.74, 6) is -1.29. The van der Waals surface area contributed by atoms with Crippen molar-refractivity contribution in [2.45, 2.75) is 88.8 Å². The summed E-state index contributed by atoms with van der Waals surface area (Å²) in [7, 11) is 0. The number of esters is 1. The standard InChI is InChI=1S/C31H35BrN2O5/c32-23-15-11-21(12-16-23)28(35)20-39-31(38)22-13-17-26(18-14-22)34-29(36)19-27(30(34)37)33(24-7-3-1-4-8-24)25-9-5-2-6-10-25/h11-18,24-25,27H,1-10,19-20H2. The summed E-state index contributed by atoms with van der Waals surface area (Å²) >= 11 is 3.33. The number of Topliss-reactive ketones (excluding diaryl/α,β-unsaturated/α-hetero) is 1. The molecule has 7 nitrogen and oxygen atoms in total. The molecule has 0 bridgehead atoms. The van der Waals surface area contributed by atoms with Crippen LogP contribution >= 0.6 is 15.9 Å². The molecule has 0 aromatic heterocycles. The maximum atomic E-state index is 13.7. The first-order valence-electron chi connectivity index (χ1n) is 14.1. The zero-order valence-corrected chi connectivity index (χ0v) is 23.7. The summed E-state index contributed by atoms with van der Waals surface area (Å²) in [6.45, 7) is -0.370. The molecule has 2 aliphatic carbocycles. The van der Waals surface area contributed by atoms with Crippen molar-refractivity contribution in [3.05, 3.63) is 64.1 Å². The fraction of sp³-hybridized carbons (Fsp3) is 0.484. The van der Waals surface area contributed by atoms with Crippen LogP contribution in [0.1, 0.15) is 91.3 Å². The quantitative estimate of drug-likeness (QED) is 0.209. The van der Waals surface area contributed by atoms with Crippen LogP contribution in [0.25, 0.3) is 0 Å². The minimum absolute atomic E-state index is 0.161. The van der Waals surface area contributed by atoms with Crippen LogP contribution in [0.5, 0.6) is 0 Å². The Balaban J connectivity index is 1.25. The van der Waals surface area contributed by atoms with Crippen LogP contribution in [0.4, 0.5) is 5.69 Å². The number of amides is 2. The molecule has 0 spiro atoms. The van der Waals surface area contributed by atoms with E-state index in [-0.39, 0.29) is 36.2 Å². The highest BCUT2D eigenvalue weighted by Gasteiger charge is 2.47. The Labute approximate surface area is 238 Å². The van der Waals surface area contributed by atoms with Crippen LogP contribution in [0.3, 0.4) is 0 Å². The van der Waals surface area contributed by atoms with Gasteiger partial charge in [-0.1, -0.05) is 66.6 Å². The van der Waals surface area contributed by atoms with Gasteiger partial charge in [-0.2, -0.15) is 0 Å². The number of nitrogens with zero attached hydrogens (tertiary/aromatic N) is 2. The van der Waals surface area contributed by atoms with Crippen molar-refractivity contribution >= 4 is 45.2 Å². The van der Waals surface area contributed by atoms with Crippen molar-refractivity contribution in [3.63, 3.8) is 0 Å². The van der Waals surface area contributed by atoms with E-state index >= 15 is 0 Å². The Morgan fingerprint density at radius 1 is 0.795 bits per heavy atom. The molecule has 3 fully saturated rings. The summed E-state index contributed by atoms with van der Waals surface area (Å²) in [5, 5.41) is 0. The lowest BCUT2D eigenvalue weighted by molar-refractivity contribution is -0.124. The average Bonchev–Trinajstić information content (AvgIpc) is 3.26. The predicted molar refractivity (Wildman–Crippen MR) is 152 cm³/mol. The average molecular weight is 596 g/mol. The number of benzene rings is 2. The zero-order chi connectivity index (χ0) is 27.4. The predicted octanol–water partition coefficient (Wildman–Crippen LogP) is 6.09. The highest BCUT2D eigenvalue weighted by molar-refractivity contribution is 9.10. The van der Waals surface area contributed by atoms with Gasteiger partial charge in [0.2, 0.25) is 5.91 Å². The second-order valence-corrected chi connectivity index (χ2v) is 11.8. The van der Waals surface area contributed by atoms with Gasteiger partial charge in [-0.05, 0) is 62.1 Å². The molecule has 3 aliphatic rings. The number of rotatable bonds is 8. The van der Waals surface area contributed by atoms with E-state index in [1.165, 1.54) is 55.6 Å². The molecule has 2 aromatic rings. The van der Waals surface area contributed by atoms with Gasteiger partial charge in [0.1, 0.15) is 0 Å². The van der Waals surface area contributed by atoms with Gasteiger partial charge < -0.3 is 4.74 Å². The normalized spacial score (nSPS) is 21.0. The Morgan fingerprint density at radius 3 is 1.90 bits per heavy atom. The molecule has 39 heavy (non-hydrogen) atoms. The van der Waals surface area contributed by atoms with E-state index in [0.29, 0.717) is 23.3 Å². The lowest BCUT2D eigenvalue weighted by Gasteiger charge is -2.44. The number of ether oxygens (including phenoxy) is 1. The molecule has 5 rings (SSSR count). The van der Waals surface area contributed by atoms with Gasteiger partial charge in [0, 0.05) is 22.1 Å². The summed E-state index contributed by atoms with van der Waals surface area (Å²) in [4.78, 5) is 55.5. The number of ketones is 1. The van der Waals surface area contributed by atoms with E-state index in [1.807, 2.05) is 0 Å². The van der Waals surface area contributed by atoms with Gasteiger partial charge in [0.25, 0.3) is 5.91 Å². The second-order valence-electron chi connectivity index (χ2n) is 10.9. The molecular weight excluding hydrogens is 560 g/mol. The molecule has 0 radical (unpaired) electrons. The lowest BCUT2D eigenvalue weighted by Crippen LogP contribution is -2.53. The molecule has 1 aliphatic heterocycles. The Morgan fingerprint density at radius 2 is 1.33 bits per heavy atom. The summed E-state index contributed by atoms with van der Waals surface area (Å²) in [6.07, 6.45) is 11.8. The van der Waals surface area contributed by atoms with Crippen molar-refractivity contribution in [1.29, 1.82) is 0 Å². The van der Waals surface area contributed by atoms with Crippen LogP contribution in [0.2, 0.25) is 0 Å². The third-order valence-corrected chi connectivity index (χ3v) is 8.87. The van der Waals surface area contributed by atoms with Gasteiger partial charge in [-0.3, -0.25) is 19.3 Å². The smallest absolute Gasteiger partial charge is 0.338 e. The summed E-state index contributed by atoms with van der Waals surface area (Å²) in [5.41, 5.74) is 1.17. The number of hydrogen-bond acceptors (Lipinski definition) is 6. The molecule has 1 saturated heterocycles. The largest absolute Gasteiger partial charge is 0.454 e. The van der Waals surface area contributed by atoms with E-state index in [4.69, 9.17) is 4.74 Å². The molecule has 1 atom stereocenters. The van der Waals surface area contributed by atoms with Crippen LogP contribution in [-0.4, -0.2) is 53.2 Å². The first-order valence-corrected chi connectivity index (χ1v) is 14.9. The fourth-order valence-electron chi connectivity index (χ4n) is 6.37. The van der Waals surface area contributed by atoms with Gasteiger partial charge in [0.15, 0.2) is 12.4 Å². The second kappa shape index (κ2) is 12.6. The topological polar surface area (TPSA) is 84.0 Å². The fourth-order valence-corrected chi connectivity index (χ4v) is 6.63. The van der Waals surface area contributed by atoms with Gasteiger partial charge >= 0.3 is 5.97 Å². The van der Waals surface area contributed by atoms with Gasteiger partial charge in [0.05, 0.1) is 23.7 Å². The molecular formula is C31H35BrN2O5. The molecule has 2 aromatic carbocycles. The van der Waals surface area contributed by atoms with E-state index in [1.54, 1.807) is 36.4 Å². The zero-order valence-electron chi connectivity index (χ0n) is 22.1. The van der Waals surface area contributed by atoms with Crippen LogP contribution in [0, 0.1) is 0 Å². The van der Waals surface area contributed by atoms with Crippen LogP contribution in [-0.2, 0) is 14.3 Å². The minimum atomic E-state index is -0.635. The van der Waals surface area contributed by atoms with E-state index in [9.17, 15) is 19.2 Å². The number of anilines is 1. The highest BCUT2D eigenvalue weighted by Crippen LogP contribution is 2.36. The number of imide groups is 1. The van der Waals surface area contributed by atoms with Crippen LogP contribution in [0.15, 0.2) is 53.0 Å². The molecule has 8 heteroatoms. The van der Waals surface area contributed by atoms with E-state index < -0.39 is 12.0 Å². The Kier molecular flexibility index (Phi) is 8.92. The third-order valence-electron chi connectivity index (χ3n) is 8.34. The molecule has 1 heterocycles. The van der Waals surface area contributed by atoms with Crippen molar-refractivity contribution in [1.82, 2.24) is 4.90 Å². The van der Waals surface area contributed by atoms with Crippen molar-refractivity contribution in [2.24, 2.45) is 0 Å². The molecule has 2 amide bonds. The van der Waals surface area contributed by atoms with E-state index in [2.05, 4.69) is 20.8 Å². The number of halogens is 1. The van der Waals surface area contributed by atoms with Crippen molar-refractivity contribution < 1.29 is 23.9 Å². The van der Waals surface area contributed by atoms with Crippen molar-refractivity contribution in [3.8, 4) is 0 Å². The monoisotopic (exact) mass is 594 g/mol. The maximum absolute atomic E-state index is 13.7. The number of hydrogen-bond donors (Lipinski definition) is 0. The molecule has 206 valence electrons. The van der Waals surface area contributed by atoms with E-state index in [0.717, 1.165) is 30.2 Å². The molecule has 0 N–H and O–H groups in total. The van der Waals surface area contributed by atoms with Crippen molar-refractivity contribution in [2.75, 3.05) is 11.5 Å². The molecule has 1 unspecified atom stereocenters. The summed E-state index contributed by atoms with van der Waals surface area (Å²) < 4.78 is 6.07. The minimum Gasteiger partial charge on any atom is -0.454 e. The van der Waals surface area contributed by atoms with Gasteiger partial charge in [-0.25, -0.2) is 9.69 Å². The SMILES string of the molecule is O=C(COC(=O)c1ccc(N2C(=O)CC(N(C3CCCCC3)C3CCCCC3)C2=O)cc1)c1ccc(Br)cc1. The van der Waals surface area contributed by atoms with Crippen LogP contribution < -0.4 is 4.90 Å². The third kappa shape index (κ3) is 6.33. The first kappa shape index (κ1) is 27.7. The molecule has 2 saturated carbocycles. The highest BCUT2D eigenvalue weighted by atomic mass is 79.9. The Hall–Kier alpha value is -2.84. The first-order chi connectivity index (χ1) is 18.9.